The van der Waals surface area contributed by atoms with Gasteiger partial charge in [0.2, 0.25) is 0 Å². The molecule has 0 radical (unpaired) electrons. The third-order valence-electron chi connectivity index (χ3n) is 2.60. The van der Waals surface area contributed by atoms with E-state index < -0.39 is 17.1 Å². The molecule has 7 nitrogen and oxygen atoms in total. The monoisotopic (exact) mass is 291 g/mol. The summed E-state index contributed by atoms with van der Waals surface area (Å²) in [7, 11) is 1.26. The first-order valence-electron chi connectivity index (χ1n) is 5.41. The lowest BCUT2D eigenvalue weighted by Gasteiger charge is -2.18. The average Bonchev–Trinajstić information content (AvgIpc) is 2.37. The Bertz CT molecular complexity index is 467. The van der Waals surface area contributed by atoms with Crippen molar-refractivity contribution in [3.63, 3.8) is 0 Å². The highest BCUT2D eigenvalue weighted by Crippen LogP contribution is 2.36. The van der Waals surface area contributed by atoms with E-state index in [9.17, 15) is 20.3 Å². The van der Waals surface area contributed by atoms with Crippen molar-refractivity contribution in [2.75, 3.05) is 13.7 Å². The van der Waals surface area contributed by atoms with E-state index >= 15 is 0 Å². The van der Waals surface area contributed by atoms with Gasteiger partial charge in [0.1, 0.15) is 6.10 Å². The number of rotatable bonds is 6. The molecule has 1 aromatic rings. The minimum Gasteiger partial charge on any atom is -0.490 e. The van der Waals surface area contributed by atoms with Gasteiger partial charge in [0.15, 0.2) is 5.75 Å². The normalized spacial score (nSPS) is 13.9. The summed E-state index contributed by atoms with van der Waals surface area (Å²) in [6, 6.07) is 2.25. The predicted octanol–water partition coefficient (Wildman–Crippen LogP) is 1.03. The van der Waals surface area contributed by atoms with Gasteiger partial charge in [0, 0.05) is 24.3 Å². The largest absolute Gasteiger partial charge is 0.490 e. The van der Waals surface area contributed by atoms with Gasteiger partial charge < -0.3 is 20.1 Å². The zero-order chi connectivity index (χ0) is 14.6. The van der Waals surface area contributed by atoms with E-state index in [1.54, 1.807) is 0 Å². The quantitative estimate of drug-likeness (QED) is 0.533. The van der Waals surface area contributed by atoms with Crippen LogP contribution in [0.3, 0.4) is 0 Å². The smallest absolute Gasteiger partial charge is 0.311 e. The van der Waals surface area contributed by atoms with Crippen LogP contribution in [0.4, 0.5) is 5.69 Å². The Balaban J connectivity index is 3.21. The van der Waals surface area contributed by atoms with Crippen molar-refractivity contribution < 1.29 is 25.0 Å². The molecule has 0 aliphatic rings. The molecule has 0 saturated heterocycles. The Kier molecular flexibility index (Phi) is 5.49. The molecule has 0 bridgehead atoms. The molecule has 0 aromatic heterocycles. The summed E-state index contributed by atoms with van der Waals surface area (Å²) in [5.74, 6) is -0.0393. The molecule has 19 heavy (non-hydrogen) atoms. The van der Waals surface area contributed by atoms with Crippen molar-refractivity contribution in [3.8, 4) is 5.75 Å². The molecular formula is C11H14ClNO6. The lowest BCUT2D eigenvalue weighted by molar-refractivity contribution is -0.385. The molecule has 106 valence electrons. The van der Waals surface area contributed by atoms with Crippen LogP contribution in [0.25, 0.3) is 0 Å². The first-order chi connectivity index (χ1) is 8.92. The van der Waals surface area contributed by atoms with E-state index in [4.69, 9.17) is 21.4 Å². The Hall–Kier alpha value is -1.41. The topological polar surface area (TPSA) is 113 Å². The van der Waals surface area contributed by atoms with Crippen LogP contribution in [0.2, 0.25) is 5.02 Å². The van der Waals surface area contributed by atoms with Gasteiger partial charge in [-0.1, -0.05) is 11.6 Å². The molecule has 0 amide bonds. The Morgan fingerprint density at radius 1 is 1.47 bits per heavy atom. The number of hydrogen-bond donors (Lipinski definition) is 3. The fraction of sp³-hybridized carbons (Fsp3) is 0.455. The zero-order valence-electron chi connectivity index (χ0n) is 10.1. The van der Waals surface area contributed by atoms with Crippen LogP contribution < -0.4 is 4.74 Å². The molecule has 0 heterocycles. The summed E-state index contributed by atoms with van der Waals surface area (Å²) >= 11 is 5.89. The highest BCUT2D eigenvalue weighted by molar-refractivity contribution is 6.31. The van der Waals surface area contributed by atoms with Crippen molar-refractivity contribution in [2.45, 2.75) is 18.6 Å². The third-order valence-corrected chi connectivity index (χ3v) is 2.93. The number of halogens is 1. The molecule has 8 heteroatoms. The van der Waals surface area contributed by atoms with Crippen LogP contribution in [0.5, 0.6) is 5.75 Å². The summed E-state index contributed by atoms with van der Waals surface area (Å²) in [6.07, 6.45) is -2.77. The second-order valence-corrected chi connectivity index (χ2v) is 4.23. The standard InChI is InChI=1S/C11H14ClNO6/c1-19-10-5-7(12)6(4-8(10)13(17)18)11(16)9(15)2-3-14/h4-5,9,11,14-16H,2-3H2,1H3. The van der Waals surface area contributed by atoms with E-state index in [1.165, 1.54) is 13.2 Å². The van der Waals surface area contributed by atoms with Gasteiger partial charge in [-0.3, -0.25) is 10.1 Å². The molecule has 0 saturated carbocycles. The predicted molar refractivity (Wildman–Crippen MR) is 67.3 cm³/mol. The highest BCUT2D eigenvalue weighted by atomic mass is 35.5. The van der Waals surface area contributed by atoms with E-state index in [0.717, 1.165) is 6.07 Å². The van der Waals surface area contributed by atoms with E-state index in [2.05, 4.69) is 0 Å². The number of hydrogen-bond acceptors (Lipinski definition) is 6. The molecule has 2 unspecified atom stereocenters. The van der Waals surface area contributed by atoms with Crippen molar-refractivity contribution in [3.05, 3.63) is 32.8 Å². The van der Waals surface area contributed by atoms with Crippen molar-refractivity contribution in [2.24, 2.45) is 0 Å². The second kappa shape index (κ2) is 6.67. The molecule has 1 rings (SSSR count). The molecular weight excluding hydrogens is 278 g/mol. The number of aliphatic hydroxyl groups is 3. The van der Waals surface area contributed by atoms with Gasteiger partial charge in [-0.15, -0.1) is 0 Å². The highest BCUT2D eigenvalue weighted by Gasteiger charge is 2.25. The first-order valence-corrected chi connectivity index (χ1v) is 5.79. The summed E-state index contributed by atoms with van der Waals surface area (Å²) in [5, 5.41) is 39.0. The van der Waals surface area contributed by atoms with Gasteiger partial charge in [-0.25, -0.2) is 0 Å². The Morgan fingerprint density at radius 2 is 2.11 bits per heavy atom. The average molecular weight is 292 g/mol. The first kappa shape index (κ1) is 15.6. The minimum atomic E-state index is -1.43. The molecule has 3 N–H and O–H groups in total. The van der Waals surface area contributed by atoms with E-state index in [-0.39, 0.29) is 35.1 Å². The van der Waals surface area contributed by atoms with Gasteiger partial charge in [0.05, 0.1) is 23.2 Å². The van der Waals surface area contributed by atoms with Gasteiger partial charge >= 0.3 is 5.69 Å². The number of nitrogens with zero attached hydrogens (tertiary/aromatic N) is 1. The summed E-state index contributed by atoms with van der Waals surface area (Å²) in [5.41, 5.74) is -0.354. The number of ether oxygens (including phenoxy) is 1. The van der Waals surface area contributed by atoms with Crippen LogP contribution in [0.1, 0.15) is 18.1 Å². The molecule has 1 aromatic carbocycles. The summed E-state index contributed by atoms with van der Waals surface area (Å²) < 4.78 is 4.82. The van der Waals surface area contributed by atoms with Crippen LogP contribution in [0.15, 0.2) is 12.1 Å². The van der Waals surface area contributed by atoms with Crippen molar-refractivity contribution in [1.82, 2.24) is 0 Å². The SMILES string of the molecule is COc1cc(Cl)c(C(O)C(O)CCO)cc1[N+](=O)[O-]. The maximum atomic E-state index is 10.9. The third kappa shape index (κ3) is 3.54. The Morgan fingerprint density at radius 3 is 2.58 bits per heavy atom. The van der Waals surface area contributed by atoms with Crippen LogP contribution in [0, 0.1) is 10.1 Å². The fourth-order valence-corrected chi connectivity index (χ4v) is 1.86. The van der Waals surface area contributed by atoms with Gasteiger partial charge in [-0.05, 0) is 6.42 Å². The number of nitro benzene ring substituents is 1. The van der Waals surface area contributed by atoms with Crippen molar-refractivity contribution in [1.29, 1.82) is 0 Å². The number of methoxy groups -OCH3 is 1. The molecule has 0 spiro atoms. The van der Waals surface area contributed by atoms with Crippen LogP contribution >= 0.6 is 11.6 Å². The lowest BCUT2D eigenvalue weighted by atomic mass is 10.0. The maximum absolute atomic E-state index is 10.9. The van der Waals surface area contributed by atoms with Crippen molar-refractivity contribution >= 4 is 17.3 Å². The molecule has 0 aliphatic carbocycles. The summed E-state index contributed by atoms with van der Waals surface area (Å²) in [6.45, 7) is -0.325. The summed E-state index contributed by atoms with van der Waals surface area (Å²) in [4.78, 5) is 10.2. The van der Waals surface area contributed by atoms with Crippen LogP contribution in [-0.4, -0.2) is 40.1 Å². The minimum absolute atomic E-state index is 0.00937. The number of benzene rings is 1. The van der Waals surface area contributed by atoms with Crippen LogP contribution in [-0.2, 0) is 0 Å². The number of aliphatic hydroxyl groups excluding tert-OH is 3. The lowest BCUT2D eigenvalue weighted by Crippen LogP contribution is -2.20. The maximum Gasteiger partial charge on any atom is 0.311 e. The molecule has 0 aliphatic heterocycles. The molecule has 0 fully saturated rings. The second-order valence-electron chi connectivity index (χ2n) is 3.83. The Labute approximate surface area is 114 Å². The van der Waals surface area contributed by atoms with Gasteiger partial charge in [0.25, 0.3) is 0 Å². The van der Waals surface area contributed by atoms with Gasteiger partial charge in [-0.2, -0.15) is 0 Å². The van der Waals surface area contributed by atoms with E-state index in [0.29, 0.717) is 0 Å². The van der Waals surface area contributed by atoms with E-state index in [1.807, 2.05) is 0 Å². The number of nitro groups is 1. The fourth-order valence-electron chi connectivity index (χ4n) is 1.59. The zero-order valence-corrected chi connectivity index (χ0v) is 10.9. The molecule has 2 atom stereocenters.